The summed E-state index contributed by atoms with van der Waals surface area (Å²) in [6.45, 7) is 3.53. The highest BCUT2D eigenvalue weighted by Crippen LogP contribution is 2.20. The molecule has 0 atom stereocenters. The van der Waals surface area contributed by atoms with Crippen molar-refractivity contribution in [1.82, 2.24) is 3.97 Å². The zero-order valence-electron chi connectivity index (χ0n) is 14.6. The highest BCUT2D eigenvalue weighted by Gasteiger charge is 2.20. The Morgan fingerprint density at radius 1 is 0.923 bits per heavy atom. The fourth-order valence-corrected chi connectivity index (χ4v) is 4.51. The first-order chi connectivity index (χ1) is 12.4. The molecule has 0 unspecified atom stereocenters. The summed E-state index contributed by atoms with van der Waals surface area (Å²) in [6.07, 6.45) is 0.405. The van der Waals surface area contributed by atoms with Gasteiger partial charge in [0.2, 0.25) is 0 Å². The molecule has 0 bridgehead atoms. The van der Waals surface area contributed by atoms with E-state index in [1.165, 1.54) is 3.97 Å². The first-order valence-corrected chi connectivity index (χ1v) is 9.63. The van der Waals surface area contributed by atoms with Gasteiger partial charge in [-0.05, 0) is 49.2 Å². The van der Waals surface area contributed by atoms with Crippen molar-refractivity contribution in [3.05, 3.63) is 89.2 Å². The van der Waals surface area contributed by atoms with Crippen LogP contribution in [0.25, 0.3) is 0 Å². The van der Waals surface area contributed by atoms with Crippen molar-refractivity contribution in [1.29, 1.82) is 0 Å². The van der Waals surface area contributed by atoms with Gasteiger partial charge < -0.3 is 5.21 Å². The van der Waals surface area contributed by atoms with Gasteiger partial charge in [-0.1, -0.05) is 47.6 Å². The zero-order chi connectivity index (χ0) is 18.7. The number of benzene rings is 2. The summed E-state index contributed by atoms with van der Waals surface area (Å²) in [6, 6.07) is 19.6. The fourth-order valence-electron chi connectivity index (χ4n) is 2.94. The van der Waals surface area contributed by atoms with Crippen molar-refractivity contribution < 1.29 is 13.6 Å². The van der Waals surface area contributed by atoms with Crippen LogP contribution in [-0.2, 0) is 16.4 Å². The molecule has 1 aromatic heterocycles. The van der Waals surface area contributed by atoms with Crippen LogP contribution in [-0.4, -0.2) is 23.3 Å². The van der Waals surface area contributed by atoms with Gasteiger partial charge >= 0.3 is 0 Å². The molecule has 3 rings (SSSR count). The van der Waals surface area contributed by atoms with E-state index in [4.69, 9.17) is 0 Å². The number of nitrogens with zero attached hydrogens (tertiary/aromatic N) is 2. The Morgan fingerprint density at radius 3 is 2.04 bits per heavy atom. The molecule has 5 nitrogen and oxygen atoms in total. The lowest BCUT2D eigenvalue weighted by molar-refractivity contribution is 0.318. The van der Waals surface area contributed by atoms with E-state index >= 15 is 0 Å². The molecule has 1 N–H and O–H groups in total. The number of hydrogen-bond donors (Lipinski definition) is 1. The number of oxime groups is 1. The molecule has 0 radical (unpaired) electrons. The second-order valence-corrected chi connectivity index (χ2v) is 7.91. The monoisotopic (exact) mass is 368 g/mol. The Kier molecular flexibility index (Phi) is 4.95. The van der Waals surface area contributed by atoms with Gasteiger partial charge in [0.05, 0.1) is 10.6 Å². The smallest absolute Gasteiger partial charge is 0.268 e. The van der Waals surface area contributed by atoms with Gasteiger partial charge in [0.1, 0.15) is 0 Å². The van der Waals surface area contributed by atoms with Crippen LogP contribution in [0.2, 0.25) is 0 Å². The summed E-state index contributed by atoms with van der Waals surface area (Å²) in [7, 11) is -3.62. The van der Waals surface area contributed by atoms with E-state index in [1.807, 2.05) is 30.3 Å². The molecule has 0 amide bonds. The molecule has 3 aromatic rings. The Balaban J connectivity index is 1.87. The van der Waals surface area contributed by atoms with E-state index < -0.39 is 10.0 Å². The number of aromatic nitrogens is 1. The molecule has 0 saturated carbocycles. The highest BCUT2D eigenvalue weighted by molar-refractivity contribution is 7.90. The van der Waals surface area contributed by atoms with Crippen LogP contribution in [0, 0.1) is 13.8 Å². The molecule has 2 aromatic carbocycles. The molecule has 0 aliphatic heterocycles. The molecule has 26 heavy (non-hydrogen) atoms. The van der Waals surface area contributed by atoms with E-state index in [0.717, 1.165) is 11.1 Å². The topological polar surface area (TPSA) is 71.7 Å². The fraction of sp³-hybridized carbons (Fsp3) is 0.150. The Bertz CT molecular complexity index is 1010. The summed E-state index contributed by atoms with van der Waals surface area (Å²) in [4.78, 5) is 0.228. The standard InChI is InChI=1S/C20H20N2O3S/c1-15-8-9-16(2)22(15)26(24,25)19-12-10-17(11-13-19)14-20(21-23)18-6-4-3-5-7-18/h3-13,23H,14H2,1-2H3. The molecule has 134 valence electrons. The third-order valence-electron chi connectivity index (χ3n) is 4.27. The van der Waals surface area contributed by atoms with E-state index in [2.05, 4.69) is 5.16 Å². The maximum absolute atomic E-state index is 12.8. The van der Waals surface area contributed by atoms with Gasteiger partial charge in [0, 0.05) is 17.8 Å². The van der Waals surface area contributed by atoms with Gasteiger partial charge in [0.25, 0.3) is 10.0 Å². The van der Waals surface area contributed by atoms with Crippen LogP contribution in [0.3, 0.4) is 0 Å². The predicted octanol–water partition coefficient (Wildman–Crippen LogP) is 3.76. The van der Waals surface area contributed by atoms with Crippen molar-refractivity contribution >= 4 is 15.7 Å². The average Bonchev–Trinajstić information content (AvgIpc) is 3.00. The van der Waals surface area contributed by atoms with Crippen LogP contribution in [0.4, 0.5) is 0 Å². The summed E-state index contributed by atoms with van der Waals surface area (Å²) >= 11 is 0. The van der Waals surface area contributed by atoms with Crippen LogP contribution < -0.4 is 0 Å². The normalized spacial score (nSPS) is 12.3. The lowest BCUT2D eigenvalue weighted by Crippen LogP contribution is -2.15. The van der Waals surface area contributed by atoms with Gasteiger partial charge in [0.15, 0.2) is 0 Å². The van der Waals surface area contributed by atoms with Crippen molar-refractivity contribution in [3.8, 4) is 0 Å². The van der Waals surface area contributed by atoms with Crippen molar-refractivity contribution in [2.75, 3.05) is 0 Å². The lowest BCUT2D eigenvalue weighted by atomic mass is 10.0. The van der Waals surface area contributed by atoms with Crippen molar-refractivity contribution in [2.45, 2.75) is 25.2 Å². The van der Waals surface area contributed by atoms with Crippen LogP contribution in [0.15, 0.2) is 76.8 Å². The minimum absolute atomic E-state index is 0.228. The molecule has 0 saturated heterocycles. The molecular weight excluding hydrogens is 348 g/mol. The molecule has 0 aliphatic carbocycles. The van der Waals surface area contributed by atoms with E-state index in [9.17, 15) is 13.6 Å². The van der Waals surface area contributed by atoms with Crippen LogP contribution >= 0.6 is 0 Å². The summed E-state index contributed by atoms with van der Waals surface area (Å²) in [5.41, 5.74) is 3.56. The molecule has 0 fully saturated rings. The summed E-state index contributed by atoms with van der Waals surface area (Å²) in [5.74, 6) is 0. The first kappa shape index (κ1) is 17.9. The first-order valence-electron chi connectivity index (χ1n) is 8.19. The van der Waals surface area contributed by atoms with E-state index in [1.54, 1.807) is 50.2 Å². The number of aryl methyl sites for hydroxylation is 2. The lowest BCUT2D eigenvalue weighted by Gasteiger charge is -2.11. The molecule has 6 heteroatoms. The Hall–Kier alpha value is -2.86. The summed E-state index contributed by atoms with van der Waals surface area (Å²) < 4.78 is 27.0. The minimum Gasteiger partial charge on any atom is -0.411 e. The Morgan fingerprint density at radius 2 is 1.50 bits per heavy atom. The van der Waals surface area contributed by atoms with Crippen molar-refractivity contribution in [3.63, 3.8) is 0 Å². The maximum Gasteiger partial charge on any atom is 0.268 e. The van der Waals surface area contributed by atoms with Gasteiger partial charge in [-0.3, -0.25) is 0 Å². The highest BCUT2D eigenvalue weighted by atomic mass is 32.2. The largest absolute Gasteiger partial charge is 0.411 e. The Labute approximate surface area is 153 Å². The number of rotatable bonds is 5. The van der Waals surface area contributed by atoms with Crippen molar-refractivity contribution in [2.24, 2.45) is 5.16 Å². The summed E-state index contributed by atoms with van der Waals surface area (Å²) in [5, 5.41) is 12.7. The van der Waals surface area contributed by atoms with Crippen LogP contribution in [0.5, 0.6) is 0 Å². The minimum atomic E-state index is -3.62. The number of hydrogen-bond acceptors (Lipinski definition) is 4. The van der Waals surface area contributed by atoms with Gasteiger partial charge in [-0.2, -0.15) is 0 Å². The van der Waals surface area contributed by atoms with E-state index in [-0.39, 0.29) is 4.90 Å². The third kappa shape index (κ3) is 3.41. The van der Waals surface area contributed by atoms with Gasteiger partial charge in [-0.15, -0.1) is 0 Å². The van der Waals surface area contributed by atoms with Gasteiger partial charge in [-0.25, -0.2) is 12.4 Å². The predicted molar refractivity (Wildman–Crippen MR) is 101 cm³/mol. The molecule has 0 spiro atoms. The molecular formula is C20H20N2O3S. The zero-order valence-corrected chi connectivity index (χ0v) is 15.4. The van der Waals surface area contributed by atoms with E-state index in [0.29, 0.717) is 23.5 Å². The average molecular weight is 368 g/mol. The third-order valence-corrected chi connectivity index (χ3v) is 6.19. The maximum atomic E-state index is 12.8. The SMILES string of the molecule is Cc1ccc(C)n1S(=O)(=O)c1ccc(CC(=NO)c2ccccc2)cc1. The van der Waals surface area contributed by atoms with Crippen LogP contribution in [0.1, 0.15) is 22.5 Å². The second kappa shape index (κ2) is 7.17. The quantitative estimate of drug-likeness (QED) is 0.423. The second-order valence-electron chi connectivity index (χ2n) is 6.12. The molecule has 1 heterocycles. The molecule has 0 aliphatic rings.